The fourth-order valence-corrected chi connectivity index (χ4v) is 4.29. The van der Waals surface area contributed by atoms with Crippen molar-refractivity contribution in [1.82, 2.24) is 5.32 Å². The minimum atomic E-state index is -0.123. The van der Waals surface area contributed by atoms with Gasteiger partial charge in [-0.2, -0.15) is 0 Å². The normalized spacial score (nSPS) is 17.2. The van der Waals surface area contributed by atoms with Gasteiger partial charge in [0, 0.05) is 12.5 Å². The molecule has 1 aliphatic heterocycles. The van der Waals surface area contributed by atoms with E-state index in [1.807, 2.05) is 18.2 Å². The summed E-state index contributed by atoms with van der Waals surface area (Å²) in [5, 5.41) is 3.01. The van der Waals surface area contributed by atoms with Gasteiger partial charge in [0.05, 0.1) is 34.0 Å². The largest absolute Gasteiger partial charge is 0.493 e. The third-order valence-electron chi connectivity index (χ3n) is 5.52. The number of carbonyl (C=O) groups excluding carboxylic acids is 1. The molecule has 0 radical (unpaired) electrons. The van der Waals surface area contributed by atoms with E-state index in [4.69, 9.17) is 18.9 Å². The fraction of sp³-hybridized carbons (Fsp3) is 0.381. The molecule has 27 heavy (non-hydrogen) atoms. The maximum Gasteiger partial charge on any atom is 0.255 e. The number of benzene rings is 2. The summed E-state index contributed by atoms with van der Waals surface area (Å²) in [6.07, 6.45) is 1.66. The van der Waals surface area contributed by atoms with E-state index in [-0.39, 0.29) is 11.8 Å². The highest BCUT2D eigenvalue weighted by Crippen LogP contribution is 2.47. The quantitative estimate of drug-likeness (QED) is 0.898. The van der Waals surface area contributed by atoms with Crippen LogP contribution in [0, 0.1) is 0 Å². The first kappa shape index (κ1) is 17.5. The molecule has 2 aromatic rings. The van der Waals surface area contributed by atoms with Gasteiger partial charge < -0.3 is 24.3 Å². The van der Waals surface area contributed by atoms with Crippen molar-refractivity contribution < 1.29 is 23.7 Å². The van der Waals surface area contributed by atoms with Gasteiger partial charge in [0.2, 0.25) is 0 Å². The van der Waals surface area contributed by atoms with Crippen molar-refractivity contribution in [2.45, 2.75) is 18.8 Å². The summed E-state index contributed by atoms with van der Waals surface area (Å²) < 4.78 is 22.1. The zero-order valence-electron chi connectivity index (χ0n) is 16.0. The van der Waals surface area contributed by atoms with Gasteiger partial charge in [0.15, 0.2) is 23.0 Å². The van der Waals surface area contributed by atoms with Crippen LogP contribution in [0.5, 0.6) is 23.0 Å². The Morgan fingerprint density at radius 1 is 0.852 bits per heavy atom. The molecular formula is C21H23NO5. The van der Waals surface area contributed by atoms with Crippen LogP contribution in [0.2, 0.25) is 0 Å². The minimum absolute atomic E-state index is 0.0322. The highest BCUT2D eigenvalue weighted by atomic mass is 16.5. The Morgan fingerprint density at radius 3 is 2.15 bits per heavy atom. The van der Waals surface area contributed by atoms with Gasteiger partial charge >= 0.3 is 0 Å². The van der Waals surface area contributed by atoms with Crippen LogP contribution in [-0.2, 0) is 12.8 Å². The van der Waals surface area contributed by atoms with Crippen LogP contribution >= 0.6 is 0 Å². The number of fused-ring (bicyclic) bond motifs is 2. The highest BCUT2D eigenvalue weighted by molar-refractivity contribution is 6.01. The van der Waals surface area contributed by atoms with Crippen LogP contribution in [0.4, 0.5) is 0 Å². The molecule has 6 heteroatoms. The molecular weight excluding hydrogens is 346 g/mol. The predicted molar refractivity (Wildman–Crippen MR) is 101 cm³/mol. The van der Waals surface area contributed by atoms with E-state index in [1.165, 1.54) is 5.56 Å². The maximum absolute atomic E-state index is 12.7. The second-order valence-corrected chi connectivity index (χ2v) is 6.73. The van der Waals surface area contributed by atoms with Crippen molar-refractivity contribution in [3.8, 4) is 23.0 Å². The topological polar surface area (TPSA) is 66.0 Å². The van der Waals surface area contributed by atoms with Crippen LogP contribution in [0.15, 0.2) is 18.2 Å². The van der Waals surface area contributed by atoms with Gasteiger partial charge in [0.25, 0.3) is 5.91 Å². The molecule has 1 unspecified atom stereocenters. The summed E-state index contributed by atoms with van der Waals surface area (Å²) in [7, 11) is 6.44. The minimum Gasteiger partial charge on any atom is -0.493 e. The number of rotatable bonds is 4. The average Bonchev–Trinajstić information content (AvgIpc) is 2.85. The van der Waals surface area contributed by atoms with Gasteiger partial charge in [0.1, 0.15) is 0 Å². The predicted octanol–water partition coefficient (Wildman–Crippen LogP) is 2.69. The smallest absolute Gasteiger partial charge is 0.255 e. The van der Waals surface area contributed by atoms with Crippen molar-refractivity contribution in [2.24, 2.45) is 0 Å². The van der Waals surface area contributed by atoms with Crippen molar-refractivity contribution in [3.05, 3.63) is 46.0 Å². The molecule has 0 fully saturated rings. The molecule has 2 aliphatic rings. The Bertz CT molecular complexity index is 922. The summed E-state index contributed by atoms with van der Waals surface area (Å²) in [6.45, 7) is 0.538. The van der Waals surface area contributed by atoms with E-state index >= 15 is 0 Å². The number of methoxy groups -OCH3 is 4. The van der Waals surface area contributed by atoms with E-state index in [1.54, 1.807) is 28.4 Å². The van der Waals surface area contributed by atoms with Crippen molar-refractivity contribution >= 4 is 5.91 Å². The number of aryl methyl sites for hydroxylation is 2. The molecule has 1 aliphatic carbocycles. The molecule has 0 bridgehead atoms. The zero-order valence-corrected chi connectivity index (χ0v) is 16.0. The molecule has 6 nitrogen and oxygen atoms in total. The molecule has 4 rings (SSSR count). The SMILES string of the molecule is COc1cc2c(cc1OC)C1CNC(=O)c3c(OC)c(OC)cc(c31)CC2. The van der Waals surface area contributed by atoms with Crippen molar-refractivity contribution in [1.29, 1.82) is 0 Å². The van der Waals surface area contributed by atoms with Crippen molar-refractivity contribution in [3.63, 3.8) is 0 Å². The Hall–Kier alpha value is -2.89. The van der Waals surface area contributed by atoms with E-state index in [0.29, 0.717) is 29.4 Å². The van der Waals surface area contributed by atoms with E-state index < -0.39 is 0 Å². The lowest BCUT2D eigenvalue weighted by Gasteiger charge is -2.30. The van der Waals surface area contributed by atoms with E-state index in [9.17, 15) is 4.79 Å². The molecule has 0 aromatic heterocycles. The van der Waals surface area contributed by atoms with E-state index in [0.717, 1.165) is 35.3 Å². The second kappa shape index (κ2) is 6.68. The van der Waals surface area contributed by atoms with Crippen LogP contribution < -0.4 is 24.3 Å². The molecule has 0 saturated carbocycles. The zero-order chi connectivity index (χ0) is 19.1. The van der Waals surface area contributed by atoms with E-state index in [2.05, 4.69) is 5.32 Å². The third-order valence-corrected chi connectivity index (χ3v) is 5.52. The Balaban J connectivity index is 1.99. The Labute approximate surface area is 158 Å². The van der Waals surface area contributed by atoms with Gasteiger partial charge in [-0.3, -0.25) is 4.79 Å². The van der Waals surface area contributed by atoms with Gasteiger partial charge in [-0.15, -0.1) is 0 Å². The lowest BCUT2D eigenvalue weighted by Crippen LogP contribution is -2.36. The van der Waals surface area contributed by atoms with Gasteiger partial charge in [-0.25, -0.2) is 0 Å². The Kier molecular flexibility index (Phi) is 4.34. The molecule has 1 heterocycles. The molecule has 1 atom stereocenters. The first-order valence-corrected chi connectivity index (χ1v) is 8.93. The van der Waals surface area contributed by atoms with Gasteiger partial charge in [-0.1, -0.05) is 0 Å². The molecule has 142 valence electrons. The number of nitrogens with one attached hydrogen (secondary N) is 1. The lowest BCUT2D eigenvalue weighted by atomic mass is 9.81. The van der Waals surface area contributed by atoms with Crippen molar-refractivity contribution in [2.75, 3.05) is 35.0 Å². The molecule has 2 aromatic carbocycles. The molecule has 0 spiro atoms. The highest BCUT2D eigenvalue weighted by Gasteiger charge is 2.36. The number of ether oxygens (including phenoxy) is 4. The molecule has 1 amide bonds. The summed E-state index contributed by atoms with van der Waals surface area (Å²) in [4.78, 5) is 12.7. The number of hydrogen-bond acceptors (Lipinski definition) is 5. The summed E-state index contributed by atoms with van der Waals surface area (Å²) in [6, 6.07) is 6.08. The third kappa shape index (κ3) is 2.59. The number of amides is 1. The molecule has 1 N–H and O–H groups in total. The average molecular weight is 369 g/mol. The van der Waals surface area contributed by atoms with Crippen LogP contribution in [0.1, 0.15) is 38.5 Å². The first-order chi connectivity index (χ1) is 13.1. The summed E-state index contributed by atoms with van der Waals surface area (Å²) >= 11 is 0. The number of hydrogen-bond donors (Lipinski definition) is 1. The van der Waals surface area contributed by atoms with Gasteiger partial charge in [-0.05, 0) is 53.3 Å². The monoisotopic (exact) mass is 369 g/mol. The lowest BCUT2D eigenvalue weighted by molar-refractivity contribution is 0.0938. The summed E-state index contributed by atoms with van der Waals surface area (Å²) in [5.41, 5.74) is 5.08. The molecule has 0 saturated heterocycles. The van der Waals surface area contributed by atoms with Crippen LogP contribution in [0.25, 0.3) is 0 Å². The van der Waals surface area contributed by atoms with Crippen LogP contribution in [-0.4, -0.2) is 40.9 Å². The fourth-order valence-electron chi connectivity index (χ4n) is 4.29. The van der Waals surface area contributed by atoms with Crippen LogP contribution in [0.3, 0.4) is 0 Å². The standard InChI is InChI=1S/C21H23NO5/c1-24-15-7-11-5-6-12-8-17(26-3)20(27-4)19-18(12)14(10-22-21(19)23)13(11)9-16(15)25-2/h7-9,14H,5-6,10H2,1-4H3,(H,22,23). The first-order valence-electron chi connectivity index (χ1n) is 8.93. The Morgan fingerprint density at radius 2 is 1.48 bits per heavy atom. The number of carbonyl (C=O) groups is 1. The second-order valence-electron chi connectivity index (χ2n) is 6.73. The maximum atomic E-state index is 12.7. The summed E-state index contributed by atoms with van der Waals surface area (Å²) in [5.74, 6) is 2.40.